The van der Waals surface area contributed by atoms with Gasteiger partial charge in [-0.15, -0.1) is 0 Å². The standard InChI is InChI=1S/C19H19NO7S/c1-20(14-6-8-15(25-2)9-7-14)28(23,24)16-5-3-4-13(12-16)18(21)27-17-10-11-26-19(17)22/h3-9,12,17H,10-11H2,1-2H3/t17-/m1/s1. The highest BCUT2D eigenvalue weighted by atomic mass is 32.2. The van der Waals surface area contributed by atoms with Crippen LogP contribution < -0.4 is 9.04 Å². The smallest absolute Gasteiger partial charge is 0.347 e. The third kappa shape index (κ3) is 3.94. The number of nitrogens with zero attached hydrogens (tertiary/aromatic N) is 1. The summed E-state index contributed by atoms with van der Waals surface area (Å²) < 4.78 is 41.9. The SMILES string of the molecule is COc1ccc(N(C)S(=O)(=O)c2cccc(C(=O)O[C@@H]3CCOC3=O)c2)cc1. The fourth-order valence-electron chi connectivity index (χ4n) is 2.65. The molecule has 148 valence electrons. The van der Waals surface area contributed by atoms with Gasteiger partial charge in [-0.3, -0.25) is 4.31 Å². The Balaban J connectivity index is 1.82. The maximum absolute atomic E-state index is 12.9. The maximum atomic E-state index is 12.9. The second-order valence-corrected chi connectivity index (χ2v) is 8.02. The Morgan fingerprint density at radius 1 is 1.18 bits per heavy atom. The van der Waals surface area contributed by atoms with Gasteiger partial charge < -0.3 is 14.2 Å². The first-order chi connectivity index (χ1) is 13.3. The molecule has 9 heteroatoms. The zero-order valence-electron chi connectivity index (χ0n) is 15.3. The molecule has 3 rings (SSSR count). The Bertz CT molecular complexity index is 986. The number of hydrogen-bond acceptors (Lipinski definition) is 7. The van der Waals surface area contributed by atoms with Gasteiger partial charge in [0, 0.05) is 13.5 Å². The topological polar surface area (TPSA) is 99.2 Å². The first kappa shape index (κ1) is 19.7. The van der Waals surface area contributed by atoms with Gasteiger partial charge in [-0.25, -0.2) is 18.0 Å². The van der Waals surface area contributed by atoms with Crippen LogP contribution in [0.25, 0.3) is 0 Å². The van der Waals surface area contributed by atoms with Crippen LogP contribution in [0.4, 0.5) is 5.69 Å². The van der Waals surface area contributed by atoms with E-state index in [1.165, 1.54) is 38.4 Å². The lowest BCUT2D eigenvalue weighted by atomic mass is 10.2. The molecule has 1 saturated heterocycles. The van der Waals surface area contributed by atoms with E-state index in [-0.39, 0.29) is 23.5 Å². The first-order valence-electron chi connectivity index (χ1n) is 8.43. The molecule has 0 bridgehead atoms. The van der Waals surface area contributed by atoms with E-state index in [1.54, 1.807) is 24.3 Å². The summed E-state index contributed by atoms with van der Waals surface area (Å²) in [6, 6.07) is 12.0. The molecule has 0 saturated carbocycles. The zero-order chi connectivity index (χ0) is 20.3. The minimum atomic E-state index is -3.91. The lowest BCUT2D eigenvalue weighted by Gasteiger charge is -2.20. The van der Waals surface area contributed by atoms with Gasteiger partial charge >= 0.3 is 11.9 Å². The molecule has 2 aromatic carbocycles. The van der Waals surface area contributed by atoms with Crippen LogP contribution in [0, 0.1) is 0 Å². The minimum Gasteiger partial charge on any atom is -0.497 e. The highest BCUT2D eigenvalue weighted by Crippen LogP contribution is 2.25. The van der Waals surface area contributed by atoms with Gasteiger partial charge in [-0.2, -0.15) is 0 Å². The average molecular weight is 405 g/mol. The Labute approximate surface area is 162 Å². The molecule has 0 aromatic heterocycles. The van der Waals surface area contributed by atoms with Crippen LogP contribution in [-0.2, 0) is 24.3 Å². The van der Waals surface area contributed by atoms with Gasteiger partial charge in [0.15, 0.2) is 0 Å². The molecule has 0 N–H and O–H groups in total. The summed E-state index contributed by atoms with van der Waals surface area (Å²) in [5.74, 6) is -0.783. The molecule has 0 radical (unpaired) electrons. The number of hydrogen-bond donors (Lipinski definition) is 0. The van der Waals surface area contributed by atoms with E-state index < -0.39 is 28.1 Å². The normalized spacial score (nSPS) is 16.4. The molecule has 1 fully saturated rings. The van der Waals surface area contributed by atoms with Gasteiger partial charge in [-0.05, 0) is 42.5 Å². The second-order valence-electron chi connectivity index (χ2n) is 6.05. The number of sulfonamides is 1. The summed E-state index contributed by atoms with van der Waals surface area (Å²) in [6.45, 7) is 0.192. The van der Waals surface area contributed by atoms with Gasteiger partial charge in [0.2, 0.25) is 6.10 Å². The number of esters is 2. The predicted molar refractivity (Wildman–Crippen MR) is 99.8 cm³/mol. The molecule has 1 aliphatic heterocycles. The van der Waals surface area contributed by atoms with Crippen LogP contribution in [-0.4, -0.2) is 47.2 Å². The van der Waals surface area contributed by atoms with Gasteiger partial charge in [0.1, 0.15) is 5.75 Å². The quantitative estimate of drug-likeness (QED) is 0.678. The monoisotopic (exact) mass is 405 g/mol. The van der Waals surface area contributed by atoms with Crippen molar-refractivity contribution in [1.82, 2.24) is 0 Å². The Morgan fingerprint density at radius 2 is 1.89 bits per heavy atom. The number of carbonyl (C=O) groups is 2. The van der Waals surface area contributed by atoms with Gasteiger partial charge in [-0.1, -0.05) is 6.07 Å². The highest BCUT2D eigenvalue weighted by molar-refractivity contribution is 7.92. The van der Waals surface area contributed by atoms with Gasteiger partial charge in [0.25, 0.3) is 10.0 Å². The number of anilines is 1. The highest BCUT2D eigenvalue weighted by Gasteiger charge is 2.31. The van der Waals surface area contributed by atoms with E-state index in [2.05, 4.69) is 0 Å². The molecule has 28 heavy (non-hydrogen) atoms. The molecular weight excluding hydrogens is 386 g/mol. The first-order valence-corrected chi connectivity index (χ1v) is 9.87. The number of cyclic esters (lactones) is 1. The lowest BCUT2D eigenvalue weighted by molar-refractivity contribution is -0.145. The van der Waals surface area contributed by atoms with E-state index in [0.29, 0.717) is 11.4 Å². The molecule has 1 atom stereocenters. The summed E-state index contributed by atoms with van der Waals surface area (Å²) in [6.07, 6.45) is -0.683. The van der Waals surface area contributed by atoms with Crippen molar-refractivity contribution in [1.29, 1.82) is 0 Å². The summed E-state index contributed by atoms with van der Waals surface area (Å²) in [7, 11) is -0.980. The van der Waals surface area contributed by atoms with Crippen molar-refractivity contribution in [2.45, 2.75) is 17.4 Å². The summed E-state index contributed by atoms with van der Waals surface area (Å²) in [5.41, 5.74) is 0.464. The third-order valence-corrected chi connectivity index (χ3v) is 6.08. The molecule has 0 aliphatic carbocycles. The summed E-state index contributed by atoms with van der Waals surface area (Å²) in [5, 5.41) is 0. The number of rotatable bonds is 6. The van der Waals surface area contributed by atoms with Crippen LogP contribution in [0.3, 0.4) is 0 Å². The average Bonchev–Trinajstić information content (AvgIpc) is 3.12. The minimum absolute atomic E-state index is 0.0314. The van der Waals surface area contributed by atoms with Crippen molar-refractivity contribution in [3.05, 3.63) is 54.1 Å². The van der Waals surface area contributed by atoms with Crippen molar-refractivity contribution in [3.8, 4) is 5.75 Å². The fraction of sp³-hybridized carbons (Fsp3) is 0.263. The van der Waals surface area contributed by atoms with Crippen LogP contribution >= 0.6 is 0 Å². The molecule has 0 amide bonds. The summed E-state index contributed by atoms with van der Waals surface area (Å²) in [4.78, 5) is 23.7. The Kier molecular flexibility index (Phi) is 5.55. The molecule has 8 nitrogen and oxygen atoms in total. The van der Waals surface area contributed by atoms with Crippen LogP contribution in [0.1, 0.15) is 16.8 Å². The van der Waals surface area contributed by atoms with Crippen molar-refractivity contribution in [2.75, 3.05) is 25.1 Å². The van der Waals surface area contributed by atoms with Crippen molar-refractivity contribution in [2.24, 2.45) is 0 Å². The molecule has 1 aliphatic rings. The number of methoxy groups -OCH3 is 1. The van der Waals surface area contributed by atoms with E-state index in [4.69, 9.17) is 14.2 Å². The van der Waals surface area contributed by atoms with Crippen LogP contribution in [0.5, 0.6) is 5.75 Å². The van der Waals surface area contributed by atoms with Crippen molar-refractivity contribution < 1.29 is 32.2 Å². The summed E-state index contributed by atoms with van der Waals surface area (Å²) >= 11 is 0. The molecule has 2 aromatic rings. The number of carbonyl (C=O) groups excluding carboxylic acids is 2. The molecular formula is C19H19NO7S. The molecule has 1 heterocycles. The van der Waals surface area contributed by atoms with E-state index >= 15 is 0 Å². The fourth-order valence-corrected chi connectivity index (χ4v) is 3.90. The zero-order valence-corrected chi connectivity index (χ0v) is 16.1. The largest absolute Gasteiger partial charge is 0.497 e. The molecule has 0 unspecified atom stereocenters. The third-order valence-electron chi connectivity index (χ3n) is 4.30. The van der Waals surface area contributed by atoms with Crippen molar-refractivity contribution >= 4 is 27.6 Å². The maximum Gasteiger partial charge on any atom is 0.347 e. The van der Waals surface area contributed by atoms with E-state index in [1.807, 2.05) is 0 Å². The predicted octanol–water partition coefficient (Wildman–Crippen LogP) is 1.99. The van der Waals surface area contributed by atoms with Crippen molar-refractivity contribution in [3.63, 3.8) is 0 Å². The molecule has 0 spiro atoms. The Hall–Kier alpha value is -3.07. The van der Waals surface area contributed by atoms with Crippen LogP contribution in [0.15, 0.2) is 53.4 Å². The lowest BCUT2D eigenvalue weighted by Crippen LogP contribution is -2.27. The second kappa shape index (κ2) is 7.89. The van der Waals surface area contributed by atoms with Crippen LogP contribution in [0.2, 0.25) is 0 Å². The van der Waals surface area contributed by atoms with Gasteiger partial charge in [0.05, 0.1) is 29.9 Å². The number of benzene rings is 2. The van der Waals surface area contributed by atoms with E-state index in [0.717, 1.165) is 4.31 Å². The number of ether oxygens (including phenoxy) is 3. The Morgan fingerprint density at radius 3 is 2.50 bits per heavy atom. The van der Waals surface area contributed by atoms with E-state index in [9.17, 15) is 18.0 Å².